The Morgan fingerprint density at radius 3 is 2.54 bits per heavy atom. The van der Waals surface area contributed by atoms with Crippen molar-refractivity contribution in [2.45, 2.75) is 11.8 Å². The number of imidazole rings is 1. The molecule has 1 aromatic heterocycles. The topological polar surface area (TPSA) is 81.2 Å². The van der Waals surface area contributed by atoms with Gasteiger partial charge in [0.05, 0.1) is 22.4 Å². The van der Waals surface area contributed by atoms with Gasteiger partial charge in [-0.05, 0) is 42.8 Å². The average Bonchev–Trinajstić information content (AvgIpc) is 2.87. The number of nitrogen functional groups attached to an aromatic ring is 1. The van der Waals surface area contributed by atoms with Crippen LogP contribution >= 0.6 is 0 Å². The number of aromatic nitrogens is 2. The molecule has 0 radical (unpaired) electrons. The summed E-state index contributed by atoms with van der Waals surface area (Å²) in [6.07, 6.45) is 2.94. The van der Waals surface area contributed by atoms with Crippen molar-refractivity contribution in [3.05, 3.63) is 42.2 Å². The molecular formula is C17H20N4O2S. The van der Waals surface area contributed by atoms with Gasteiger partial charge in [-0.15, -0.1) is 0 Å². The highest BCUT2D eigenvalue weighted by Crippen LogP contribution is 2.32. The number of sulfone groups is 1. The van der Waals surface area contributed by atoms with E-state index in [1.54, 1.807) is 18.5 Å². The van der Waals surface area contributed by atoms with Crippen LogP contribution in [0.25, 0.3) is 11.0 Å². The summed E-state index contributed by atoms with van der Waals surface area (Å²) in [5.41, 5.74) is 11.2. The van der Waals surface area contributed by atoms with Crippen molar-refractivity contribution in [3.8, 4) is 0 Å². The molecule has 1 heterocycles. The summed E-state index contributed by atoms with van der Waals surface area (Å²) in [7, 11) is 0.635. The molecule has 24 heavy (non-hydrogen) atoms. The number of hydrogen-bond acceptors (Lipinski definition) is 5. The normalized spacial score (nSPS) is 11.8. The van der Waals surface area contributed by atoms with E-state index in [-0.39, 0.29) is 0 Å². The average molecular weight is 344 g/mol. The van der Waals surface area contributed by atoms with E-state index in [4.69, 9.17) is 5.73 Å². The van der Waals surface area contributed by atoms with Crippen molar-refractivity contribution < 1.29 is 8.42 Å². The zero-order valence-electron chi connectivity index (χ0n) is 14.1. The third-order valence-corrected chi connectivity index (χ3v) is 5.30. The fourth-order valence-electron chi connectivity index (χ4n) is 2.81. The molecule has 0 unspecified atom stereocenters. The van der Waals surface area contributed by atoms with Crippen LogP contribution in [-0.2, 0) is 16.9 Å². The third kappa shape index (κ3) is 2.71. The van der Waals surface area contributed by atoms with Crippen molar-refractivity contribution in [2.24, 2.45) is 7.05 Å². The Bertz CT molecular complexity index is 1040. The van der Waals surface area contributed by atoms with Gasteiger partial charge in [0.2, 0.25) is 0 Å². The van der Waals surface area contributed by atoms with Crippen LogP contribution in [0.1, 0.15) is 5.56 Å². The van der Waals surface area contributed by atoms with E-state index in [1.807, 2.05) is 48.7 Å². The molecular weight excluding hydrogens is 324 g/mol. The van der Waals surface area contributed by atoms with E-state index in [0.29, 0.717) is 10.6 Å². The first-order valence-electron chi connectivity index (χ1n) is 7.43. The van der Waals surface area contributed by atoms with Gasteiger partial charge in [0.15, 0.2) is 9.84 Å². The first kappa shape index (κ1) is 16.3. The lowest BCUT2D eigenvalue weighted by atomic mass is 10.1. The van der Waals surface area contributed by atoms with Crippen molar-refractivity contribution in [1.29, 1.82) is 0 Å². The van der Waals surface area contributed by atoms with E-state index < -0.39 is 9.84 Å². The monoisotopic (exact) mass is 344 g/mol. The molecule has 3 aromatic rings. The Balaban J connectivity index is 2.09. The molecule has 0 fully saturated rings. The van der Waals surface area contributed by atoms with Crippen LogP contribution in [0.5, 0.6) is 0 Å². The van der Waals surface area contributed by atoms with E-state index in [0.717, 1.165) is 28.0 Å². The minimum Gasteiger partial charge on any atom is -0.397 e. The Morgan fingerprint density at radius 2 is 1.92 bits per heavy atom. The molecule has 0 saturated carbocycles. The largest absolute Gasteiger partial charge is 0.397 e. The molecule has 3 rings (SSSR count). The molecule has 6 nitrogen and oxygen atoms in total. The second kappa shape index (κ2) is 5.52. The van der Waals surface area contributed by atoms with Crippen LogP contribution in [0.15, 0.2) is 41.6 Å². The predicted octanol–water partition coefficient (Wildman–Crippen LogP) is 2.64. The number of benzene rings is 2. The quantitative estimate of drug-likeness (QED) is 0.739. The molecule has 2 aromatic carbocycles. The number of fused-ring (bicyclic) bond motifs is 1. The second-order valence-electron chi connectivity index (χ2n) is 6.04. The summed E-state index contributed by atoms with van der Waals surface area (Å²) in [5, 5.41) is 0. The fraction of sp³-hybridized carbons (Fsp3) is 0.235. The standard InChI is InChI=1S/C17H20N4O2S/c1-11-7-13(24(4,22)23)5-6-15(11)21(3)12-8-14(18)17-16(9-12)20(2)10-19-17/h5-10H,18H2,1-4H3. The number of hydrogen-bond donors (Lipinski definition) is 1. The molecule has 7 heteroatoms. The number of nitrogens with zero attached hydrogens (tertiary/aromatic N) is 3. The minimum atomic E-state index is -3.22. The Morgan fingerprint density at radius 1 is 1.21 bits per heavy atom. The van der Waals surface area contributed by atoms with Crippen LogP contribution in [-0.4, -0.2) is 31.3 Å². The smallest absolute Gasteiger partial charge is 0.175 e. The second-order valence-corrected chi connectivity index (χ2v) is 8.05. The molecule has 0 saturated heterocycles. The van der Waals surface area contributed by atoms with E-state index in [9.17, 15) is 8.42 Å². The maximum absolute atomic E-state index is 11.7. The van der Waals surface area contributed by atoms with Crippen molar-refractivity contribution in [3.63, 3.8) is 0 Å². The Labute approximate surface area is 141 Å². The Hall–Kier alpha value is -2.54. The summed E-state index contributed by atoms with van der Waals surface area (Å²) in [4.78, 5) is 6.61. The van der Waals surface area contributed by atoms with Gasteiger partial charge in [0, 0.05) is 31.7 Å². The van der Waals surface area contributed by atoms with E-state index in [1.165, 1.54) is 6.26 Å². The predicted molar refractivity (Wildman–Crippen MR) is 97.5 cm³/mol. The van der Waals surface area contributed by atoms with Crippen molar-refractivity contribution >= 4 is 37.9 Å². The van der Waals surface area contributed by atoms with Crippen LogP contribution in [0.3, 0.4) is 0 Å². The highest BCUT2D eigenvalue weighted by atomic mass is 32.2. The van der Waals surface area contributed by atoms with Gasteiger partial charge < -0.3 is 15.2 Å². The maximum Gasteiger partial charge on any atom is 0.175 e. The first-order chi connectivity index (χ1) is 11.2. The molecule has 0 spiro atoms. The van der Waals surface area contributed by atoms with Gasteiger partial charge in [0.25, 0.3) is 0 Å². The molecule has 0 bridgehead atoms. The molecule has 0 aliphatic carbocycles. The van der Waals surface area contributed by atoms with Crippen LogP contribution in [0.4, 0.5) is 17.1 Å². The number of anilines is 3. The molecule has 0 atom stereocenters. The molecule has 0 aliphatic heterocycles. The summed E-state index contributed by atoms with van der Waals surface area (Å²) in [6.45, 7) is 1.90. The maximum atomic E-state index is 11.7. The van der Waals surface area contributed by atoms with Gasteiger partial charge in [0.1, 0.15) is 5.52 Å². The van der Waals surface area contributed by atoms with Gasteiger partial charge in [-0.1, -0.05) is 0 Å². The summed E-state index contributed by atoms with van der Waals surface area (Å²) in [5.74, 6) is 0. The van der Waals surface area contributed by atoms with Crippen LogP contribution in [0.2, 0.25) is 0 Å². The van der Waals surface area contributed by atoms with E-state index in [2.05, 4.69) is 4.98 Å². The highest BCUT2D eigenvalue weighted by molar-refractivity contribution is 7.90. The lowest BCUT2D eigenvalue weighted by Gasteiger charge is -2.22. The van der Waals surface area contributed by atoms with Gasteiger partial charge >= 0.3 is 0 Å². The highest BCUT2D eigenvalue weighted by Gasteiger charge is 2.14. The SMILES string of the molecule is Cc1cc(S(C)(=O)=O)ccc1N(C)c1cc(N)c2ncn(C)c2c1. The van der Waals surface area contributed by atoms with Crippen molar-refractivity contribution in [2.75, 3.05) is 23.9 Å². The van der Waals surface area contributed by atoms with Crippen LogP contribution < -0.4 is 10.6 Å². The van der Waals surface area contributed by atoms with Gasteiger partial charge in [-0.3, -0.25) is 0 Å². The zero-order chi connectivity index (χ0) is 17.6. The van der Waals surface area contributed by atoms with Crippen LogP contribution in [0, 0.1) is 6.92 Å². The number of aryl methyl sites for hydroxylation is 2. The van der Waals surface area contributed by atoms with Crippen molar-refractivity contribution in [1.82, 2.24) is 9.55 Å². The van der Waals surface area contributed by atoms with E-state index >= 15 is 0 Å². The summed E-state index contributed by atoms with van der Waals surface area (Å²) >= 11 is 0. The minimum absolute atomic E-state index is 0.318. The summed E-state index contributed by atoms with van der Waals surface area (Å²) in [6, 6.07) is 9.02. The molecule has 2 N–H and O–H groups in total. The number of rotatable bonds is 3. The molecule has 126 valence electrons. The Kier molecular flexibility index (Phi) is 3.76. The number of nitrogens with two attached hydrogens (primary N) is 1. The van der Waals surface area contributed by atoms with Gasteiger partial charge in [-0.25, -0.2) is 13.4 Å². The lowest BCUT2D eigenvalue weighted by Crippen LogP contribution is -2.12. The fourth-order valence-corrected chi connectivity index (χ4v) is 3.52. The molecule has 0 aliphatic rings. The first-order valence-corrected chi connectivity index (χ1v) is 9.32. The third-order valence-electron chi connectivity index (χ3n) is 4.19. The van der Waals surface area contributed by atoms with Gasteiger partial charge in [-0.2, -0.15) is 0 Å². The summed E-state index contributed by atoms with van der Waals surface area (Å²) < 4.78 is 25.3. The lowest BCUT2D eigenvalue weighted by molar-refractivity contribution is 0.602. The zero-order valence-corrected chi connectivity index (χ0v) is 14.9. The molecule has 0 amide bonds.